The molecule has 124 valence electrons. The second-order valence-electron chi connectivity index (χ2n) is 6.51. The number of rotatable bonds is 5. The lowest BCUT2D eigenvalue weighted by molar-refractivity contribution is -0.128. The van der Waals surface area contributed by atoms with Gasteiger partial charge in [0.2, 0.25) is 11.8 Å². The van der Waals surface area contributed by atoms with Crippen LogP contribution in [0.2, 0.25) is 0 Å². The summed E-state index contributed by atoms with van der Waals surface area (Å²) >= 11 is 0. The van der Waals surface area contributed by atoms with E-state index in [1.54, 1.807) is 4.90 Å². The molecule has 1 N–H and O–H groups in total. The number of anilines is 1. The van der Waals surface area contributed by atoms with Gasteiger partial charge >= 0.3 is 0 Å². The molecule has 0 aromatic heterocycles. The van der Waals surface area contributed by atoms with Crippen LogP contribution in [-0.2, 0) is 9.59 Å². The zero-order valence-corrected chi connectivity index (χ0v) is 13.7. The van der Waals surface area contributed by atoms with Crippen LogP contribution < -0.4 is 10.2 Å². The summed E-state index contributed by atoms with van der Waals surface area (Å²) in [5.74, 6) is 0.448. The van der Waals surface area contributed by atoms with Crippen molar-refractivity contribution in [2.75, 3.05) is 37.6 Å². The molecule has 5 nitrogen and oxygen atoms in total. The van der Waals surface area contributed by atoms with Crippen LogP contribution in [0.15, 0.2) is 30.3 Å². The summed E-state index contributed by atoms with van der Waals surface area (Å²) in [7, 11) is 0. The van der Waals surface area contributed by atoms with E-state index in [0.717, 1.165) is 19.5 Å². The molecule has 1 aromatic carbocycles. The summed E-state index contributed by atoms with van der Waals surface area (Å²) in [5.41, 5.74) is 1.25. The third kappa shape index (κ3) is 3.66. The van der Waals surface area contributed by atoms with E-state index >= 15 is 0 Å². The smallest absolute Gasteiger partial charge is 0.225 e. The average Bonchev–Trinajstić information content (AvgIpc) is 3.20. The number of nitrogens with zero attached hydrogens (tertiary/aromatic N) is 2. The molecule has 2 heterocycles. The van der Waals surface area contributed by atoms with Gasteiger partial charge in [-0.2, -0.15) is 0 Å². The monoisotopic (exact) mass is 315 g/mol. The van der Waals surface area contributed by atoms with Gasteiger partial charge in [0, 0.05) is 44.8 Å². The Morgan fingerprint density at radius 3 is 2.74 bits per heavy atom. The first-order valence-electron chi connectivity index (χ1n) is 8.53. The van der Waals surface area contributed by atoms with E-state index in [0.29, 0.717) is 32.0 Å². The van der Waals surface area contributed by atoms with Crippen molar-refractivity contribution in [1.82, 2.24) is 10.2 Å². The highest BCUT2D eigenvalue weighted by atomic mass is 16.2. The van der Waals surface area contributed by atoms with Crippen LogP contribution in [0.25, 0.3) is 0 Å². The van der Waals surface area contributed by atoms with E-state index in [1.165, 1.54) is 5.69 Å². The Bertz CT molecular complexity index is 561. The maximum absolute atomic E-state index is 12.3. The maximum atomic E-state index is 12.3. The van der Waals surface area contributed by atoms with Gasteiger partial charge in [-0.15, -0.1) is 0 Å². The van der Waals surface area contributed by atoms with E-state index < -0.39 is 0 Å². The Balaban J connectivity index is 1.45. The fraction of sp³-hybridized carbons (Fsp3) is 0.556. The van der Waals surface area contributed by atoms with E-state index in [4.69, 9.17) is 0 Å². The molecule has 0 bridgehead atoms. The highest BCUT2D eigenvalue weighted by Gasteiger charge is 2.33. The minimum absolute atomic E-state index is 0.0347. The molecular weight excluding hydrogens is 290 g/mol. The van der Waals surface area contributed by atoms with E-state index in [9.17, 15) is 9.59 Å². The molecule has 5 heteroatoms. The molecule has 0 spiro atoms. The Labute approximate surface area is 137 Å². The van der Waals surface area contributed by atoms with Gasteiger partial charge in [-0.05, 0) is 31.4 Å². The minimum atomic E-state index is -0.172. The Hall–Kier alpha value is -2.04. The van der Waals surface area contributed by atoms with Gasteiger partial charge < -0.3 is 15.1 Å². The number of likely N-dealkylation sites (tertiary alicyclic amines) is 1. The molecular formula is C18H25N3O2. The largest absolute Gasteiger partial charge is 0.371 e. The zero-order valence-electron chi connectivity index (χ0n) is 13.7. The highest BCUT2D eigenvalue weighted by Crippen LogP contribution is 2.23. The van der Waals surface area contributed by atoms with Crippen LogP contribution in [0.1, 0.15) is 19.8 Å². The van der Waals surface area contributed by atoms with Crippen LogP contribution in [0.3, 0.4) is 0 Å². The lowest BCUT2D eigenvalue weighted by Gasteiger charge is -2.19. The molecule has 2 amide bonds. The second kappa shape index (κ2) is 7.02. The SMILES string of the molecule is CCN1CC(C(=O)NCC2CCN(c3ccccc3)C2)CC1=O. The number of amides is 2. The van der Waals surface area contributed by atoms with Gasteiger partial charge in [0.05, 0.1) is 5.92 Å². The van der Waals surface area contributed by atoms with Crippen LogP contribution in [0.5, 0.6) is 0 Å². The van der Waals surface area contributed by atoms with Crippen molar-refractivity contribution in [3.8, 4) is 0 Å². The quantitative estimate of drug-likeness (QED) is 0.896. The number of hydrogen-bond donors (Lipinski definition) is 1. The maximum Gasteiger partial charge on any atom is 0.225 e. The molecule has 2 unspecified atom stereocenters. The number of carbonyl (C=O) groups excluding carboxylic acids is 2. The van der Waals surface area contributed by atoms with Crippen molar-refractivity contribution in [2.24, 2.45) is 11.8 Å². The van der Waals surface area contributed by atoms with E-state index in [1.807, 2.05) is 13.0 Å². The van der Waals surface area contributed by atoms with Gasteiger partial charge in [-0.3, -0.25) is 9.59 Å². The average molecular weight is 315 g/mol. The van der Waals surface area contributed by atoms with Gasteiger partial charge in [0.15, 0.2) is 0 Å². The summed E-state index contributed by atoms with van der Waals surface area (Å²) in [6.07, 6.45) is 1.46. The summed E-state index contributed by atoms with van der Waals surface area (Å²) in [6, 6.07) is 10.4. The van der Waals surface area contributed by atoms with Crippen LogP contribution >= 0.6 is 0 Å². The number of carbonyl (C=O) groups is 2. The van der Waals surface area contributed by atoms with Crippen molar-refractivity contribution in [2.45, 2.75) is 19.8 Å². The Morgan fingerprint density at radius 1 is 1.26 bits per heavy atom. The number of nitrogens with one attached hydrogen (secondary N) is 1. The molecule has 0 saturated carbocycles. The second-order valence-corrected chi connectivity index (χ2v) is 6.51. The topological polar surface area (TPSA) is 52.7 Å². The Kier molecular flexibility index (Phi) is 4.84. The molecule has 2 atom stereocenters. The highest BCUT2D eigenvalue weighted by molar-refractivity contribution is 5.89. The first kappa shape index (κ1) is 15.8. The molecule has 3 rings (SSSR count). The predicted molar refractivity (Wildman–Crippen MR) is 90.1 cm³/mol. The van der Waals surface area contributed by atoms with Gasteiger partial charge in [-0.1, -0.05) is 18.2 Å². The Morgan fingerprint density at radius 2 is 2.04 bits per heavy atom. The van der Waals surface area contributed by atoms with Crippen molar-refractivity contribution >= 4 is 17.5 Å². The molecule has 0 aliphatic carbocycles. The molecule has 2 fully saturated rings. The van der Waals surface area contributed by atoms with Gasteiger partial charge in [-0.25, -0.2) is 0 Å². The number of hydrogen-bond acceptors (Lipinski definition) is 3. The summed E-state index contributed by atoms with van der Waals surface area (Å²) in [4.78, 5) is 28.1. The molecule has 2 saturated heterocycles. The molecule has 23 heavy (non-hydrogen) atoms. The lowest BCUT2D eigenvalue weighted by Crippen LogP contribution is -2.36. The molecule has 0 radical (unpaired) electrons. The lowest BCUT2D eigenvalue weighted by atomic mass is 10.1. The number of benzene rings is 1. The van der Waals surface area contributed by atoms with E-state index in [-0.39, 0.29) is 17.7 Å². The van der Waals surface area contributed by atoms with Crippen molar-refractivity contribution < 1.29 is 9.59 Å². The van der Waals surface area contributed by atoms with Crippen molar-refractivity contribution in [3.05, 3.63) is 30.3 Å². The van der Waals surface area contributed by atoms with Crippen LogP contribution in [-0.4, -0.2) is 49.4 Å². The summed E-state index contributed by atoms with van der Waals surface area (Å²) < 4.78 is 0. The summed E-state index contributed by atoms with van der Waals surface area (Å²) in [5, 5.41) is 3.06. The van der Waals surface area contributed by atoms with Crippen molar-refractivity contribution in [3.63, 3.8) is 0 Å². The minimum Gasteiger partial charge on any atom is -0.371 e. The molecule has 2 aliphatic rings. The third-order valence-electron chi connectivity index (χ3n) is 4.94. The summed E-state index contributed by atoms with van der Waals surface area (Å²) in [6.45, 7) is 5.94. The first-order chi connectivity index (χ1) is 11.2. The zero-order chi connectivity index (χ0) is 16.2. The predicted octanol–water partition coefficient (Wildman–Crippen LogP) is 1.50. The molecule has 2 aliphatic heterocycles. The normalized spacial score (nSPS) is 24.3. The van der Waals surface area contributed by atoms with Gasteiger partial charge in [0.25, 0.3) is 0 Å². The fourth-order valence-corrected chi connectivity index (χ4v) is 3.52. The number of para-hydroxylation sites is 1. The van der Waals surface area contributed by atoms with E-state index in [2.05, 4.69) is 34.5 Å². The fourth-order valence-electron chi connectivity index (χ4n) is 3.52. The standard InChI is InChI=1S/C18H25N3O2/c1-2-20-13-15(10-17(20)22)18(23)19-11-14-8-9-21(12-14)16-6-4-3-5-7-16/h3-7,14-15H,2,8-13H2,1H3,(H,19,23). The van der Waals surface area contributed by atoms with Crippen molar-refractivity contribution in [1.29, 1.82) is 0 Å². The third-order valence-corrected chi connectivity index (χ3v) is 4.94. The first-order valence-corrected chi connectivity index (χ1v) is 8.53. The van der Waals surface area contributed by atoms with Gasteiger partial charge in [0.1, 0.15) is 0 Å². The molecule has 1 aromatic rings. The van der Waals surface area contributed by atoms with Crippen LogP contribution in [0.4, 0.5) is 5.69 Å². The van der Waals surface area contributed by atoms with Crippen LogP contribution in [0, 0.1) is 11.8 Å².